The zero-order chi connectivity index (χ0) is 23.0. The third-order valence-corrected chi connectivity index (χ3v) is 5.62. The number of amides is 2. The molecule has 3 aromatic carbocycles. The van der Waals surface area contributed by atoms with Gasteiger partial charge in [0, 0.05) is 23.2 Å². The predicted octanol–water partition coefficient (Wildman–Crippen LogP) is 5.07. The van der Waals surface area contributed by atoms with Crippen molar-refractivity contribution in [1.82, 2.24) is 10.3 Å². The minimum Gasteiger partial charge on any atom is -0.483 e. The summed E-state index contributed by atoms with van der Waals surface area (Å²) in [7, 11) is 0. The Bertz CT molecular complexity index is 1250. The molecule has 0 aliphatic heterocycles. The SMILES string of the molecule is Cc1nc(-c2cccc(NC(=O)COc3ccccc3C(=O)NCc3ccccc3)c2)cs1. The van der Waals surface area contributed by atoms with Gasteiger partial charge in [0.1, 0.15) is 5.75 Å². The lowest BCUT2D eigenvalue weighted by atomic mass is 10.1. The van der Waals surface area contributed by atoms with Crippen LogP contribution in [0.25, 0.3) is 11.3 Å². The van der Waals surface area contributed by atoms with Crippen LogP contribution in [0.4, 0.5) is 5.69 Å². The lowest BCUT2D eigenvalue weighted by Gasteiger charge is -2.12. The van der Waals surface area contributed by atoms with E-state index in [2.05, 4.69) is 15.6 Å². The van der Waals surface area contributed by atoms with Gasteiger partial charge in [-0.25, -0.2) is 4.98 Å². The Balaban J connectivity index is 1.35. The number of carbonyl (C=O) groups is 2. The second-order valence-electron chi connectivity index (χ2n) is 7.33. The Morgan fingerprint density at radius 3 is 2.55 bits per heavy atom. The van der Waals surface area contributed by atoms with Crippen molar-refractivity contribution >= 4 is 28.8 Å². The van der Waals surface area contributed by atoms with Crippen LogP contribution in [0.1, 0.15) is 20.9 Å². The molecule has 0 saturated carbocycles. The highest BCUT2D eigenvalue weighted by Gasteiger charge is 2.13. The van der Waals surface area contributed by atoms with Gasteiger partial charge in [-0.3, -0.25) is 9.59 Å². The fourth-order valence-electron chi connectivity index (χ4n) is 3.25. The minimum atomic E-state index is -0.318. The minimum absolute atomic E-state index is 0.219. The van der Waals surface area contributed by atoms with Gasteiger partial charge in [-0.1, -0.05) is 54.6 Å². The normalized spacial score (nSPS) is 10.5. The molecular formula is C26H23N3O3S. The highest BCUT2D eigenvalue weighted by atomic mass is 32.1. The molecule has 4 rings (SSSR count). The topological polar surface area (TPSA) is 80.3 Å². The molecule has 0 radical (unpaired) electrons. The number of hydrogen-bond donors (Lipinski definition) is 2. The molecule has 4 aromatic rings. The molecule has 1 aromatic heterocycles. The number of nitrogens with one attached hydrogen (secondary N) is 2. The first-order chi connectivity index (χ1) is 16.1. The highest BCUT2D eigenvalue weighted by Crippen LogP contribution is 2.24. The van der Waals surface area contributed by atoms with E-state index in [0.717, 1.165) is 21.8 Å². The molecular weight excluding hydrogens is 434 g/mol. The number of hydrogen-bond acceptors (Lipinski definition) is 5. The average molecular weight is 458 g/mol. The monoisotopic (exact) mass is 457 g/mol. The van der Waals surface area contributed by atoms with Crippen LogP contribution in [0.2, 0.25) is 0 Å². The van der Waals surface area contributed by atoms with E-state index in [1.807, 2.05) is 66.9 Å². The lowest BCUT2D eigenvalue weighted by Crippen LogP contribution is -2.25. The van der Waals surface area contributed by atoms with Crippen LogP contribution in [-0.4, -0.2) is 23.4 Å². The van der Waals surface area contributed by atoms with Gasteiger partial charge in [0.2, 0.25) is 0 Å². The van der Waals surface area contributed by atoms with E-state index in [0.29, 0.717) is 23.5 Å². The van der Waals surface area contributed by atoms with E-state index in [9.17, 15) is 9.59 Å². The lowest BCUT2D eigenvalue weighted by molar-refractivity contribution is -0.118. The zero-order valence-corrected chi connectivity index (χ0v) is 18.9. The van der Waals surface area contributed by atoms with Crippen molar-refractivity contribution in [3.63, 3.8) is 0 Å². The van der Waals surface area contributed by atoms with Crippen molar-refractivity contribution in [2.24, 2.45) is 0 Å². The van der Waals surface area contributed by atoms with Gasteiger partial charge in [-0.2, -0.15) is 0 Å². The van der Waals surface area contributed by atoms with Gasteiger partial charge in [-0.15, -0.1) is 11.3 Å². The number of benzene rings is 3. The number of para-hydroxylation sites is 1. The third kappa shape index (κ3) is 6.05. The van der Waals surface area contributed by atoms with Crippen LogP contribution in [0, 0.1) is 6.92 Å². The maximum Gasteiger partial charge on any atom is 0.262 e. The molecule has 0 unspecified atom stereocenters. The number of thiazole rings is 1. The van der Waals surface area contributed by atoms with Crippen molar-refractivity contribution in [2.75, 3.05) is 11.9 Å². The van der Waals surface area contributed by atoms with E-state index in [1.54, 1.807) is 35.6 Å². The van der Waals surface area contributed by atoms with Gasteiger partial charge >= 0.3 is 0 Å². The summed E-state index contributed by atoms with van der Waals surface area (Å²) in [6, 6.07) is 24.0. The summed E-state index contributed by atoms with van der Waals surface area (Å²) >= 11 is 1.58. The quantitative estimate of drug-likeness (QED) is 0.387. The fraction of sp³-hybridized carbons (Fsp3) is 0.115. The van der Waals surface area contributed by atoms with E-state index in [4.69, 9.17) is 4.74 Å². The average Bonchev–Trinajstić information content (AvgIpc) is 3.28. The van der Waals surface area contributed by atoms with Crippen LogP contribution >= 0.6 is 11.3 Å². The Kier molecular flexibility index (Phi) is 7.12. The van der Waals surface area contributed by atoms with E-state index >= 15 is 0 Å². The first-order valence-corrected chi connectivity index (χ1v) is 11.3. The molecule has 1 heterocycles. The first kappa shape index (κ1) is 22.2. The maximum absolute atomic E-state index is 12.7. The summed E-state index contributed by atoms with van der Waals surface area (Å²) in [4.78, 5) is 29.6. The van der Waals surface area contributed by atoms with Gasteiger partial charge in [-0.05, 0) is 36.8 Å². The predicted molar refractivity (Wildman–Crippen MR) is 130 cm³/mol. The number of aryl methyl sites for hydroxylation is 1. The first-order valence-electron chi connectivity index (χ1n) is 10.4. The van der Waals surface area contributed by atoms with Crippen molar-refractivity contribution in [2.45, 2.75) is 13.5 Å². The molecule has 33 heavy (non-hydrogen) atoms. The summed E-state index contributed by atoms with van der Waals surface area (Å²) < 4.78 is 5.68. The Hall–Kier alpha value is -3.97. The van der Waals surface area contributed by atoms with Crippen LogP contribution in [0.15, 0.2) is 84.2 Å². The van der Waals surface area contributed by atoms with Crippen LogP contribution in [0.5, 0.6) is 5.75 Å². The highest BCUT2D eigenvalue weighted by molar-refractivity contribution is 7.09. The largest absolute Gasteiger partial charge is 0.483 e. The molecule has 0 spiro atoms. The summed E-state index contributed by atoms with van der Waals surface area (Å²) in [5.74, 6) is -0.230. The van der Waals surface area contributed by atoms with Crippen LogP contribution in [0.3, 0.4) is 0 Å². The van der Waals surface area contributed by atoms with Gasteiger partial charge in [0.05, 0.1) is 16.3 Å². The molecule has 2 N–H and O–H groups in total. The number of nitrogens with zero attached hydrogens (tertiary/aromatic N) is 1. The van der Waals surface area contributed by atoms with Gasteiger partial charge in [0.15, 0.2) is 6.61 Å². The molecule has 0 bridgehead atoms. The Morgan fingerprint density at radius 2 is 1.76 bits per heavy atom. The Labute approximate surface area is 196 Å². The summed E-state index contributed by atoms with van der Waals surface area (Å²) in [6.45, 7) is 2.14. The molecule has 2 amide bonds. The molecule has 0 atom stereocenters. The van der Waals surface area contributed by atoms with Gasteiger partial charge in [0.25, 0.3) is 11.8 Å². The smallest absolute Gasteiger partial charge is 0.262 e. The van der Waals surface area contributed by atoms with Crippen LogP contribution in [-0.2, 0) is 11.3 Å². The van der Waals surface area contributed by atoms with Crippen molar-refractivity contribution in [3.8, 4) is 17.0 Å². The van der Waals surface area contributed by atoms with E-state index in [-0.39, 0.29) is 18.4 Å². The molecule has 0 aliphatic carbocycles. The standard InChI is InChI=1S/C26H23N3O3S/c1-18-28-23(17-33-18)20-10-7-11-21(14-20)29-25(30)16-32-24-13-6-5-12-22(24)26(31)27-15-19-8-3-2-4-9-19/h2-14,17H,15-16H2,1H3,(H,27,31)(H,29,30). The summed E-state index contributed by atoms with van der Waals surface area (Å²) in [5.41, 5.74) is 3.83. The fourth-order valence-corrected chi connectivity index (χ4v) is 3.87. The van der Waals surface area contributed by atoms with Crippen molar-refractivity contribution < 1.29 is 14.3 Å². The summed E-state index contributed by atoms with van der Waals surface area (Å²) in [5, 5.41) is 8.69. The number of anilines is 1. The second-order valence-corrected chi connectivity index (χ2v) is 8.40. The van der Waals surface area contributed by atoms with Crippen LogP contribution < -0.4 is 15.4 Å². The maximum atomic E-state index is 12.7. The molecule has 0 aliphatic rings. The number of rotatable bonds is 8. The third-order valence-electron chi connectivity index (χ3n) is 4.85. The summed E-state index contributed by atoms with van der Waals surface area (Å²) in [6.07, 6.45) is 0. The Morgan fingerprint density at radius 1 is 0.970 bits per heavy atom. The molecule has 6 nitrogen and oxygen atoms in total. The number of aromatic nitrogens is 1. The molecule has 0 fully saturated rings. The van der Waals surface area contributed by atoms with Gasteiger partial charge < -0.3 is 15.4 Å². The molecule has 0 saturated heterocycles. The number of carbonyl (C=O) groups excluding carboxylic acids is 2. The number of ether oxygens (including phenoxy) is 1. The second kappa shape index (κ2) is 10.6. The van der Waals surface area contributed by atoms with E-state index < -0.39 is 0 Å². The molecule has 166 valence electrons. The molecule has 7 heteroatoms. The van der Waals surface area contributed by atoms with Crippen molar-refractivity contribution in [1.29, 1.82) is 0 Å². The van der Waals surface area contributed by atoms with Crippen molar-refractivity contribution in [3.05, 3.63) is 100 Å². The van der Waals surface area contributed by atoms with E-state index in [1.165, 1.54) is 0 Å². The zero-order valence-electron chi connectivity index (χ0n) is 18.1.